The number of alkyl halides is 3. The summed E-state index contributed by atoms with van der Waals surface area (Å²) in [6.45, 7) is 1.82. The van der Waals surface area contributed by atoms with E-state index in [-0.39, 0.29) is 12.2 Å². The van der Waals surface area contributed by atoms with Crippen LogP contribution in [0.15, 0.2) is 36.5 Å². The summed E-state index contributed by atoms with van der Waals surface area (Å²) in [4.78, 5) is 19.2. The number of aromatic nitrogens is 2. The molecule has 0 radical (unpaired) electrons. The zero-order valence-electron chi connectivity index (χ0n) is 11.1. The molecule has 0 saturated heterocycles. The van der Waals surface area contributed by atoms with Crippen LogP contribution in [0.3, 0.4) is 0 Å². The van der Waals surface area contributed by atoms with Crippen molar-refractivity contribution >= 4 is 11.7 Å². The molecule has 21 heavy (non-hydrogen) atoms. The van der Waals surface area contributed by atoms with Crippen LogP contribution in [0.5, 0.6) is 0 Å². The van der Waals surface area contributed by atoms with E-state index in [1.165, 1.54) is 12.1 Å². The number of halogens is 3. The molecule has 110 valence electrons. The van der Waals surface area contributed by atoms with E-state index in [9.17, 15) is 18.0 Å². The van der Waals surface area contributed by atoms with Crippen molar-refractivity contribution in [2.24, 2.45) is 0 Å². The van der Waals surface area contributed by atoms with Crippen LogP contribution in [-0.4, -0.2) is 15.9 Å². The first-order chi connectivity index (χ1) is 9.84. The minimum absolute atomic E-state index is 0.0191. The molecule has 0 unspecified atom stereocenters. The fourth-order valence-electron chi connectivity index (χ4n) is 1.64. The van der Waals surface area contributed by atoms with Crippen molar-refractivity contribution in [2.75, 3.05) is 5.32 Å². The molecule has 0 spiro atoms. The number of carbonyl (C=O) groups is 1. The third-order valence-electron chi connectivity index (χ3n) is 2.64. The van der Waals surface area contributed by atoms with Crippen LogP contribution in [0, 0.1) is 6.92 Å². The molecule has 2 aromatic rings. The lowest BCUT2D eigenvalue weighted by atomic mass is 10.2. The summed E-state index contributed by atoms with van der Waals surface area (Å²) in [7, 11) is 0. The molecule has 2 heterocycles. The van der Waals surface area contributed by atoms with Gasteiger partial charge in [0.05, 0.1) is 6.42 Å². The molecule has 1 amide bonds. The summed E-state index contributed by atoms with van der Waals surface area (Å²) in [6, 6.07) is 6.84. The highest BCUT2D eigenvalue weighted by Gasteiger charge is 2.32. The van der Waals surface area contributed by atoms with Gasteiger partial charge in [0.2, 0.25) is 5.91 Å². The predicted octanol–water partition coefficient (Wildman–Crippen LogP) is 2.99. The monoisotopic (exact) mass is 295 g/mol. The van der Waals surface area contributed by atoms with Gasteiger partial charge in [0.25, 0.3) is 0 Å². The van der Waals surface area contributed by atoms with Crippen LogP contribution >= 0.6 is 0 Å². The lowest BCUT2D eigenvalue weighted by Gasteiger charge is -2.08. The molecule has 0 aliphatic carbocycles. The van der Waals surface area contributed by atoms with Gasteiger partial charge in [0, 0.05) is 11.9 Å². The van der Waals surface area contributed by atoms with Crippen LogP contribution in [0.2, 0.25) is 0 Å². The molecule has 0 aliphatic rings. The number of rotatable bonds is 3. The molecule has 2 aromatic heterocycles. The van der Waals surface area contributed by atoms with Crippen molar-refractivity contribution in [1.29, 1.82) is 0 Å². The van der Waals surface area contributed by atoms with Crippen LogP contribution in [-0.2, 0) is 17.4 Å². The van der Waals surface area contributed by atoms with Crippen LogP contribution in [0.4, 0.5) is 19.0 Å². The van der Waals surface area contributed by atoms with Crippen molar-refractivity contribution in [3.8, 4) is 0 Å². The maximum Gasteiger partial charge on any atom is 0.433 e. The van der Waals surface area contributed by atoms with Crippen molar-refractivity contribution in [3.05, 3.63) is 53.5 Å². The first kappa shape index (κ1) is 15.0. The first-order valence-corrected chi connectivity index (χ1v) is 6.10. The average Bonchev–Trinajstić information content (AvgIpc) is 2.41. The van der Waals surface area contributed by atoms with Gasteiger partial charge >= 0.3 is 6.18 Å². The maximum absolute atomic E-state index is 12.5. The van der Waals surface area contributed by atoms with Crippen LogP contribution < -0.4 is 5.32 Å². The number of hydrogen-bond donors (Lipinski definition) is 1. The van der Waals surface area contributed by atoms with E-state index < -0.39 is 17.8 Å². The van der Waals surface area contributed by atoms with Crippen molar-refractivity contribution < 1.29 is 18.0 Å². The molecule has 0 fully saturated rings. The summed E-state index contributed by atoms with van der Waals surface area (Å²) in [5, 5.41) is 2.34. The Hall–Kier alpha value is -2.44. The zero-order valence-corrected chi connectivity index (χ0v) is 11.1. The first-order valence-electron chi connectivity index (χ1n) is 6.10. The van der Waals surface area contributed by atoms with Crippen molar-refractivity contribution in [1.82, 2.24) is 9.97 Å². The second kappa shape index (κ2) is 5.90. The number of hydrogen-bond acceptors (Lipinski definition) is 3. The molecule has 0 bridgehead atoms. The van der Waals surface area contributed by atoms with E-state index in [1.807, 2.05) is 6.92 Å². The zero-order chi connectivity index (χ0) is 15.5. The van der Waals surface area contributed by atoms with Gasteiger partial charge in [0.15, 0.2) is 0 Å². The van der Waals surface area contributed by atoms with E-state index in [4.69, 9.17) is 0 Å². The molecule has 2 rings (SSSR count). The lowest BCUT2D eigenvalue weighted by molar-refractivity contribution is -0.141. The quantitative estimate of drug-likeness (QED) is 0.947. The molecule has 7 heteroatoms. The third kappa shape index (κ3) is 4.27. The van der Waals surface area contributed by atoms with Gasteiger partial charge in [-0.25, -0.2) is 4.98 Å². The molecule has 0 atom stereocenters. The predicted molar refractivity (Wildman–Crippen MR) is 70.5 cm³/mol. The van der Waals surface area contributed by atoms with Gasteiger partial charge < -0.3 is 5.32 Å². The lowest BCUT2D eigenvalue weighted by Crippen LogP contribution is -2.17. The van der Waals surface area contributed by atoms with E-state index in [0.29, 0.717) is 5.56 Å². The summed E-state index contributed by atoms with van der Waals surface area (Å²) in [6.07, 6.45) is -2.97. The van der Waals surface area contributed by atoms with Crippen molar-refractivity contribution in [3.63, 3.8) is 0 Å². The van der Waals surface area contributed by atoms with Gasteiger partial charge in [-0.2, -0.15) is 13.2 Å². The third-order valence-corrected chi connectivity index (χ3v) is 2.64. The molecule has 0 aliphatic heterocycles. The fourth-order valence-corrected chi connectivity index (χ4v) is 1.64. The number of aryl methyl sites for hydroxylation is 1. The highest BCUT2D eigenvalue weighted by molar-refractivity contribution is 5.91. The Labute approximate surface area is 119 Å². The van der Waals surface area contributed by atoms with Crippen molar-refractivity contribution in [2.45, 2.75) is 19.5 Å². The second-order valence-electron chi connectivity index (χ2n) is 4.44. The molecular formula is C14H12F3N3O. The Kier molecular flexibility index (Phi) is 4.21. The summed E-state index contributed by atoms with van der Waals surface area (Å²) >= 11 is 0. The Morgan fingerprint density at radius 2 is 2.00 bits per heavy atom. The average molecular weight is 295 g/mol. The standard InChI is InChI=1S/C14H12F3N3O/c1-9-5-6-10(8-18-9)7-13(21)20-12-4-2-3-11(19-12)14(15,16)17/h2-6,8H,7H2,1H3,(H,19,20,21). The maximum atomic E-state index is 12.5. The highest BCUT2D eigenvalue weighted by Crippen LogP contribution is 2.28. The van der Waals surface area contributed by atoms with Crippen LogP contribution in [0.25, 0.3) is 0 Å². The Morgan fingerprint density at radius 1 is 1.24 bits per heavy atom. The molecule has 4 nitrogen and oxygen atoms in total. The minimum Gasteiger partial charge on any atom is -0.310 e. The number of pyridine rings is 2. The molecule has 0 aromatic carbocycles. The van der Waals surface area contributed by atoms with E-state index >= 15 is 0 Å². The summed E-state index contributed by atoms with van der Waals surface area (Å²) < 4.78 is 37.5. The normalized spacial score (nSPS) is 11.2. The number of carbonyl (C=O) groups excluding carboxylic acids is 1. The fraction of sp³-hybridized carbons (Fsp3) is 0.214. The van der Waals surface area contributed by atoms with E-state index in [2.05, 4.69) is 15.3 Å². The summed E-state index contributed by atoms with van der Waals surface area (Å²) in [5.41, 5.74) is 0.445. The smallest absolute Gasteiger partial charge is 0.310 e. The number of nitrogens with one attached hydrogen (secondary N) is 1. The number of anilines is 1. The van der Waals surface area contributed by atoms with E-state index in [1.54, 1.807) is 18.3 Å². The minimum atomic E-state index is -4.54. The van der Waals surface area contributed by atoms with Gasteiger partial charge in [-0.3, -0.25) is 9.78 Å². The van der Waals surface area contributed by atoms with Gasteiger partial charge in [-0.1, -0.05) is 12.1 Å². The largest absolute Gasteiger partial charge is 0.433 e. The number of nitrogens with zero attached hydrogens (tertiary/aromatic N) is 2. The van der Waals surface area contributed by atoms with Gasteiger partial charge in [0.1, 0.15) is 11.5 Å². The Morgan fingerprint density at radius 3 is 2.62 bits per heavy atom. The van der Waals surface area contributed by atoms with E-state index in [0.717, 1.165) is 11.8 Å². The molecule has 1 N–H and O–H groups in total. The number of amides is 1. The SMILES string of the molecule is Cc1ccc(CC(=O)Nc2cccc(C(F)(F)F)n2)cn1. The molecule has 0 saturated carbocycles. The molecular weight excluding hydrogens is 283 g/mol. The van der Waals surface area contributed by atoms with Gasteiger partial charge in [-0.05, 0) is 30.7 Å². The Balaban J connectivity index is 2.04. The topological polar surface area (TPSA) is 54.9 Å². The second-order valence-corrected chi connectivity index (χ2v) is 4.44. The summed E-state index contributed by atoms with van der Waals surface area (Å²) in [5.74, 6) is -0.581. The van der Waals surface area contributed by atoms with Gasteiger partial charge in [-0.15, -0.1) is 0 Å². The van der Waals surface area contributed by atoms with Crippen LogP contribution in [0.1, 0.15) is 17.0 Å². The highest BCUT2D eigenvalue weighted by atomic mass is 19.4. The Bertz CT molecular complexity index is 639.